The highest BCUT2D eigenvalue weighted by molar-refractivity contribution is 7.99. The van der Waals surface area contributed by atoms with E-state index in [4.69, 9.17) is 4.74 Å². The first kappa shape index (κ1) is 14.2. The number of thioether (sulfide) groups is 1. The van der Waals surface area contributed by atoms with Gasteiger partial charge in [0, 0.05) is 23.6 Å². The second kappa shape index (κ2) is 5.82. The fourth-order valence-corrected chi connectivity index (χ4v) is 3.16. The van der Waals surface area contributed by atoms with Gasteiger partial charge >= 0.3 is 6.09 Å². The molecule has 0 aliphatic carbocycles. The zero-order valence-electron chi connectivity index (χ0n) is 11.6. The van der Waals surface area contributed by atoms with Crippen molar-refractivity contribution >= 4 is 17.9 Å². The lowest BCUT2D eigenvalue weighted by atomic mass is 10.0. The van der Waals surface area contributed by atoms with Crippen molar-refractivity contribution in [3.63, 3.8) is 0 Å². The molecule has 0 aromatic carbocycles. The molecule has 1 N–H and O–H groups in total. The summed E-state index contributed by atoms with van der Waals surface area (Å²) in [5, 5.41) is 2.84. The molecule has 1 atom stereocenters. The molecule has 0 saturated heterocycles. The first-order valence-corrected chi connectivity index (χ1v) is 7.49. The maximum Gasteiger partial charge on any atom is 0.407 e. The predicted molar refractivity (Wildman–Crippen MR) is 76.6 cm³/mol. The molecule has 2 heterocycles. The Hall–Kier alpha value is -1.23. The number of ether oxygens (including phenoxy) is 1. The molecule has 0 unspecified atom stereocenters. The summed E-state index contributed by atoms with van der Waals surface area (Å²) in [7, 11) is 0. The SMILES string of the molecule is CC(C)(C)OC(=O)NC[C@H]1CCSc2cccnc21. The summed E-state index contributed by atoms with van der Waals surface area (Å²) >= 11 is 1.83. The summed E-state index contributed by atoms with van der Waals surface area (Å²) in [5.41, 5.74) is 0.637. The zero-order chi connectivity index (χ0) is 13.9. The van der Waals surface area contributed by atoms with Crippen LogP contribution in [-0.4, -0.2) is 29.0 Å². The van der Waals surface area contributed by atoms with E-state index in [1.165, 1.54) is 4.90 Å². The number of hydrogen-bond donors (Lipinski definition) is 1. The molecular weight excluding hydrogens is 260 g/mol. The molecule has 0 saturated carbocycles. The Morgan fingerprint density at radius 2 is 2.37 bits per heavy atom. The van der Waals surface area contributed by atoms with Gasteiger partial charge in [-0.05, 0) is 45.1 Å². The number of amides is 1. The molecule has 19 heavy (non-hydrogen) atoms. The molecule has 0 fully saturated rings. The summed E-state index contributed by atoms with van der Waals surface area (Å²) < 4.78 is 5.24. The fourth-order valence-electron chi connectivity index (χ4n) is 2.00. The maximum atomic E-state index is 11.7. The molecule has 1 aromatic rings. The summed E-state index contributed by atoms with van der Waals surface area (Å²) in [4.78, 5) is 17.3. The predicted octanol–water partition coefficient (Wildman–Crippen LogP) is 3.19. The molecule has 0 bridgehead atoms. The smallest absolute Gasteiger partial charge is 0.407 e. The topological polar surface area (TPSA) is 51.2 Å². The molecule has 1 aromatic heterocycles. The van der Waals surface area contributed by atoms with Gasteiger partial charge in [-0.15, -0.1) is 11.8 Å². The number of alkyl carbamates (subject to hydrolysis) is 1. The highest BCUT2D eigenvalue weighted by Gasteiger charge is 2.23. The zero-order valence-corrected chi connectivity index (χ0v) is 12.4. The van der Waals surface area contributed by atoms with Crippen molar-refractivity contribution in [3.05, 3.63) is 24.0 Å². The third-order valence-corrected chi connectivity index (χ3v) is 3.90. The third kappa shape index (κ3) is 4.13. The minimum Gasteiger partial charge on any atom is -0.444 e. The Kier molecular flexibility index (Phi) is 4.34. The van der Waals surface area contributed by atoms with Crippen molar-refractivity contribution in [1.29, 1.82) is 0 Å². The Labute approximate surface area is 118 Å². The van der Waals surface area contributed by atoms with Crippen LogP contribution < -0.4 is 5.32 Å². The van der Waals surface area contributed by atoms with Gasteiger partial charge in [-0.3, -0.25) is 4.98 Å². The number of nitrogens with one attached hydrogen (secondary N) is 1. The van der Waals surface area contributed by atoms with E-state index in [2.05, 4.69) is 16.4 Å². The lowest BCUT2D eigenvalue weighted by Gasteiger charge is -2.25. The van der Waals surface area contributed by atoms with Crippen molar-refractivity contribution in [2.45, 2.75) is 43.6 Å². The first-order chi connectivity index (χ1) is 8.96. The standard InChI is InChI=1S/C14H20N2O2S/c1-14(2,3)18-13(17)16-9-10-6-8-19-11-5-4-7-15-12(10)11/h4-5,7,10H,6,8-9H2,1-3H3,(H,16,17)/t10-/m1/s1. The Bertz CT molecular complexity index is 457. The van der Waals surface area contributed by atoms with Crippen molar-refractivity contribution in [3.8, 4) is 0 Å². The minimum atomic E-state index is -0.456. The molecular formula is C14H20N2O2S. The van der Waals surface area contributed by atoms with Crippen molar-refractivity contribution in [2.75, 3.05) is 12.3 Å². The van der Waals surface area contributed by atoms with E-state index in [0.717, 1.165) is 17.9 Å². The summed E-state index contributed by atoms with van der Waals surface area (Å²) in [6, 6.07) is 4.04. The van der Waals surface area contributed by atoms with Gasteiger partial charge in [-0.1, -0.05) is 0 Å². The number of pyridine rings is 1. The van der Waals surface area contributed by atoms with Crippen LogP contribution in [0.4, 0.5) is 4.79 Å². The normalized spacial score (nSPS) is 18.6. The third-order valence-electron chi connectivity index (χ3n) is 2.80. The quantitative estimate of drug-likeness (QED) is 0.904. The van der Waals surface area contributed by atoms with E-state index in [9.17, 15) is 4.79 Å². The van der Waals surface area contributed by atoms with E-state index in [1.807, 2.05) is 44.8 Å². The van der Waals surface area contributed by atoms with Crippen LogP contribution in [0, 0.1) is 0 Å². The number of rotatable bonds is 2. The van der Waals surface area contributed by atoms with Crippen LogP contribution >= 0.6 is 11.8 Å². The van der Waals surface area contributed by atoms with E-state index in [0.29, 0.717) is 6.54 Å². The average molecular weight is 280 g/mol. The van der Waals surface area contributed by atoms with Crippen molar-refractivity contribution in [1.82, 2.24) is 10.3 Å². The number of fused-ring (bicyclic) bond motifs is 1. The summed E-state index contributed by atoms with van der Waals surface area (Å²) in [6.07, 6.45) is 2.48. The Balaban J connectivity index is 1.93. The van der Waals surface area contributed by atoms with Gasteiger partial charge in [0.25, 0.3) is 0 Å². The van der Waals surface area contributed by atoms with Gasteiger partial charge in [0.1, 0.15) is 5.60 Å². The highest BCUT2D eigenvalue weighted by atomic mass is 32.2. The number of carbonyl (C=O) groups is 1. The highest BCUT2D eigenvalue weighted by Crippen LogP contribution is 2.35. The van der Waals surface area contributed by atoms with E-state index < -0.39 is 5.60 Å². The number of carbonyl (C=O) groups excluding carboxylic acids is 1. The number of nitrogens with zero attached hydrogens (tertiary/aromatic N) is 1. The van der Waals surface area contributed by atoms with Gasteiger partial charge in [-0.2, -0.15) is 0 Å². The van der Waals surface area contributed by atoms with Crippen molar-refractivity contribution in [2.24, 2.45) is 0 Å². The van der Waals surface area contributed by atoms with Crippen LogP contribution in [0.1, 0.15) is 38.8 Å². The first-order valence-electron chi connectivity index (χ1n) is 6.50. The van der Waals surface area contributed by atoms with Crippen LogP contribution in [-0.2, 0) is 4.74 Å². The lowest BCUT2D eigenvalue weighted by Crippen LogP contribution is -2.35. The second-order valence-electron chi connectivity index (χ2n) is 5.60. The van der Waals surface area contributed by atoms with Crippen LogP contribution in [0.3, 0.4) is 0 Å². The molecule has 4 nitrogen and oxygen atoms in total. The largest absolute Gasteiger partial charge is 0.444 e. The molecule has 1 aliphatic heterocycles. The van der Waals surface area contributed by atoms with Gasteiger partial charge in [0.2, 0.25) is 0 Å². The van der Waals surface area contributed by atoms with Crippen LogP contribution in [0.25, 0.3) is 0 Å². The summed E-state index contributed by atoms with van der Waals surface area (Å²) in [6.45, 7) is 6.17. The molecule has 104 valence electrons. The summed E-state index contributed by atoms with van der Waals surface area (Å²) in [5.74, 6) is 1.35. The van der Waals surface area contributed by atoms with E-state index in [1.54, 1.807) is 0 Å². The average Bonchev–Trinajstić information content (AvgIpc) is 2.34. The minimum absolute atomic E-state index is 0.282. The maximum absolute atomic E-state index is 11.7. The van der Waals surface area contributed by atoms with Gasteiger partial charge in [0.05, 0.1) is 5.69 Å². The van der Waals surface area contributed by atoms with Gasteiger partial charge in [-0.25, -0.2) is 4.79 Å². The molecule has 0 spiro atoms. The van der Waals surface area contributed by atoms with E-state index >= 15 is 0 Å². The van der Waals surface area contributed by atoms with E-state index in [-0.39, 0.29) is 12.0 Å². The molecule has 1 aliphatic rings. The van der Waals surface area contributed by atoms with Crippen LogP contribution in [0.2, 0.25) is 0 Å². The molecule has 2 rings (SSSR count). The molecule has 1 amide bonds. The molecule has 0 radical (unpaired) electrons. The van der Waals surface area contributed by atoms with Crippen molar-refractivity contribution < 1.29 is 9.53 Å². The molecule has 5 heteroatoms. The number of aromatic nitrogens is 1. The fraction of sp³-hybridized carbons (Fsp3) is 0.571. The Morgan fingerprint density at radius 3 is 3.11 bits per heavy atom. The monoisotopic (exact) mass is 280 g/mol. The lowest BCUT2D eigenvalue weighted by molar-refractivity contribution is 0.0524. The van der Waals surface area contributed by atoms with Gasteiger partial charge < -0.3 is 10.1 Å². The van der Waals surface area contributed by atoms with Crippen LogP contribution in [0.5, 0.6) is 0 Å². The van der Waals surface area contributed by atoms with Crippen LogP contribution in [0.15, 0.2) is 23.2 Å². The number of hydrogen-bond acceptors (Lipinski definition) is 4. The second-order valence-corrected chi connectivity index (χ2v) is 6.74. The van der Waals surface area contributed by atoms with Gasteiger partial charge in [0.15, 0.2) is 0 Å². The Morgan fingerprint density at radius 1 is 1.58 bits per heavy atom.